The summed E-state index contributed by atoms with van der Waals surface area (Å²) >= 11 is 0. The maximum Gasteiger partial charge on any atom is 0.247 e. The van der Waals surface area contributed by atoms with Gasteiger partial charge in [0, 0.05) is 53.7 Å². The maximum atomic E-state index is 5.86. The molecule has 0 saturated heterocycles. The van der Waals surface area contributed by atoms with Crippen LogP contribution >= 0.6 is 0 Å². The van der Waals surface area contributed by atoms with E-state index in [2.05, 4.69) is 213 Å². The third-order valence-electron chi connectivity index (χ3n) is 23.3. The lowest BCUT2D eigenvalue weighted by atomic mass is 9.65. The molecule has 3 aromatic heterocycles. The second-order valence-electron chi connectivity index (χ2n) is 30.4. The normalized spacial score (nSPS) is 15.4. The van der Waals surface area contributed by atoms with Gasteiger partial charge >= 0.3 is 0 Å². The van der Waals surface area contributed by atoms with Crippen LogP contribution in [0.15, 0.2) is 141 Å². The molecule has 0 spiro atoms. The molecule has 3 heterocycles. The van der Waals surface area contributed by atoms with Crippen LogP contribution in [0.5, 0.6) is 0 Å². The molecule has 101 heavy (non-hydrogen) atoms. The Morgan fingerprint density at radius 1 is 0.277 bits per heavy atom. The number of unbranched alkanes of at least 4 members (excludes halogenated alkanes) is 18. The highest BCUT2D eigenvalue weighted by atomic mass is 16.4. The monoisotopic (exact) mass is 1360 g/mol. The molecule has 3 aliphatic rings. The number of aryl methyl sites for hydroxylation is 3. The minimum absolute atomic E-state index is 0.0415. The van der Waals surface area contributed by atoms with Crippen LogP contribution in [-0.4, -0.2) is 30.6 Å². The first-order valence-corrected chi connectivity index (χ1v) is 40.6. The Morgan fingerprint density at radius 3 is 0.842 bits per heavy atom. The van der Waals surface area contributed by atoms with Gasteiger partial charge in [-0.25, -0.2) is 0 Å². The standard InChI is InChI=1S/2C32H44N2O.C28H36N2O/c1-6-10-14-24(8-3)21-32(22-25(9-4)15-11-7-2)29-17-13-12-16-27(29)28-19-18-26(20-30(28)32)31-34-33-23(5)35-31;1-4-6-8-10-12-16-22-32(23-17-13-11-9-7-5-2)29-19-15-14-18-27(29)28-21-20-26(24-30(28)32)31-34-33-25(3)35-31;1-4-6-8-12-18-28(19-13-9-7-5-2)25-15-11-10-14-23(25)24-17-16-22(20-26(24)28)27-30-29-21(3)31-27/h12-13,16-20,24-25H,6-11,14-15,21-22H2,1-5H3;14-15,18-21,24H,4-13,16-17,22-23H2,1-3H3;10-11,14-17,20H,4-9,12-13,18-19H2,1-3H3. The summed E-state index contributed by atoms with van der Waals surface area (Å²) < 4.78 is 17.5. The van der Waals surface area contributed by atoms with E-state index in [0.717, 1.165) is 28.5 Å². The number of aromatic nitrogens is 6. The Labute approximate surface area is 609 Å². The van der Waals surface area contributed by atoms with Crippen molar-refractivity contribution in [2.24, 2.45) is 11.8 Å². The number of hydrogen-bond acceptors (Lipinski definition) is 9. The lowest BCUT2D eigenvalue weighted by Gasteiger charge is -2.38. The zero-order valence-corrected chi connectivity index (χ0v) is 64.2. The summed E-state index contributed by atoms with van der Waals surface area (Å²) in [5.74, 6) is 5.20. The Morgan fingerprint density at radius 2 is 0.545 bits per heavy atom. The lowest BCUT2D eigenvalue weighted by Crippen LogP contribution is -2.31. The van der Waals surface area contributed by atoms with Crippen molar-refractivity contribution in [2.45, 2.75) is 311 Å². The van der Waals surface area contributed by atoms with Crippen LogP contribution in [0.2, 0.25) is 0 Å². The van der Waals surface area contributed by atoms with E-state index < -0.39 is 0 Å². The summed E-state index contributed by atoms with van der Waals surface area (Å²) in [5.41, 5.74) is 20.8. The molecule has 0 saturated carbocycles. The molecule has 0 amide bonds. The first kappa shape index (κ1) is 76.4. The van der Waals surface area contributed by atoms with Crippen molar-refractivity contribution in [1.29, 1.82) is 0 Å². The van der Waals surface area contributed by atoms with Crippen LogP contribution < -0.4 is 0 Å². The molecular formula is C92H124N6O3. The van der Waals surface area contributed by atoms with Crippen LogP contribution in [0.25, 0.3) is 67.7 Å². The van der Waals surface area contributed by atoms with Crippen LogP contribution in [0.1, 0.15) is 325 Å². The Bertz CT molecular complexity index is 3930. The molecule has 540 valence electrons. The van der Waals surface area contributed by atoms with E-state index in [9.17, 15) is 0 Å². The molecule has 0 aliphatic heterocycles. The van der Waals surface area contributed by atoms with Gasteiger partial charge in [0.1, 0.15) is 0 Å². The number of hydrogen-bond donors (Lipinski definition) is 0. The fraction of sp³-hybridized carbons (Fsp3) is 0.543. The first-order chi connectivity index (χ1) is 49.4. The van der Waals surface area contributed by atoms with Crippen LogP contribution in [0, 0.1) is 32.6 Å². The second kappa shape index (κ2) is 37.8. The smallest absolute Gasteiger partial charge is 0.247 e. The van der Waals surface area contributed by atoms with Gasteiger partial charge in [-0.3, -0.25) is 0 Å². The van der Waals surface area contributed by atoms with Gasteiger partial charge in [-0.05, 0) is 154 Å². The molecule has 0 bridgehead atoms. The van der Waals surface area contributed by atoms with Gasteiger partial charge in [0.05, 0.1) is 0 Å². The minimum Gasteiger partial charge on any atom is -0.421 e. The lowest BCUT2D eigenvalue weighted by molar-refractivity contribution is 0.266. The largest absolute Gasteiger partial charge is 0.421 e. The highest BCUT2D eigenvalue weighted by molar-refractivity contribution is 5.85. The molecule has 0 fully saturated rings. The highest BCUT2D eigenvalue weighted by Gasteiger charge is 2.47. The zero-order valence-electron chi connectivity index (χ0n) is 64.2. The second-order valence-corrected chi connectivity index (χ2v) is 30.4. The Kier molecular flexibility index (Phi) is 28.6. The summed E-state index contributed by atoms with van der Waals surface area (Å²) in [7, 11) is 0. The van der Waals surface area contributed by atoms with E-state index in [1.165, 1.54) is 280 Å². The fourth-order valence-electron chi connectivity index (χ4n) is 17.8. The van der Waals surface area contributed by atoms with E-state index in [0.29, 0.717) is 35.3 Å². The molecule has 9 aromatic rings. The third-order valence-corrected chi connectivity index (χ3v) is 23.3. The summed E-state index contributed by atoms with van der Waals surface area (Å²) in [5, 5.41) is 25.2. The zero-order chi connectivity index (χ0) is 71.0. The van der Waals surface area contributed by atoms with Gasteiger partial charge in [-0.15, -0.1) is 30.6 Å². The molecule has 0 N–H and O–H groups in total. The van der Waals surface area contributed by atoms with Gasteiger partial charge in [0.2, 0.25) is 35.3 Å². The van der Waals surface area contributed by atoms with Crippen molar-refractivity contribution in [2.75, 3.05) is 0 Å². The first-order valence-electron chi connectivity index (χ1n) is 40.6. The van der Waals surface area contributed by atoms with E-state index in [1.807, 2.05) is 20.8 Å². The van der Waals surface area contributed by atoms with Crippen LogP contribution in [0.4, 0.5) is 0 Å². The van der Waals surface area contributed by atoms with Gasteiger partial charge in [0.25, 0.3) is 0 Å². The summed E-state index contributed by atoms with van der Waals surface area (Å²) in [6.45, 7) is 24.2. The minimum atomic E-state index is 0.0415. The molecule has 12 rings (SSSR count). The molecular weight excluding hydrogens is 1240 g/mol. The average Bonchev–Trinajstić information content (AvgIpc) is 1.59. The van der Waals surface area contributed by atoms with Gasteiger partial charge in [0.15, 0.2) is 0 Å². The van der Waals surface area contributed by atoms with Gasteiger partial charge in [-0.2, -0.15) is 0 Å². The summed E-state index contributed by atoms with van der Waals surface area (Å²) in [6, 6.07) is 48.0. The van der Waals surface area contributed by atoms with E-state index >= 15 is 0 Å². The van der Waals surface area contributed by atoms with Crippen molar-refractivity contribution in [3.63, 3.8) is 0 Å². The van der Waals surface area contributed by atoms with Crippen LogP contribution in [-0.2, 0) is 16.2 Å². The summed E-state index contributed by atoms with van der Waals surface area (Å²) in [4.78, 5) is 0. The molecule has 3 aliphatic carbocycles. The predicted octanol–water partition coefficient (Wildman–Crippen LogP) is 27.6. The average molecular weight is 1360 g/mol. The van der Waals surface area contributed by atoms with Crippen molar-refractivity contribution >= 4 is 0 Å². The topological polar surface area (TPSA) is 117 Å². The quantitative estimate of drug-likeness (QED) is 0.0347. The maximum absolute atomic E-state index is 5.86. The molecule has 2 unspecified atom stereocenters. The Hall–Kier alpha value is -7.26. The molecule has 6 aromatic carbocycles. The molecule has 9 heteroatoms. The van der Waals surface area contributed by atoms with Gasteiger partial charge in [-0.1, -0.05) is 326 Å². The fourth-order valence-corrected chi connectivity index (χ4v) is 17.8. The van der Waals surface area contributed by atoms with Crippen LogP contribution in [0.3, 0.4) is 0 Å². The highest BCUT2D eigenvalue weighted by Crippen LogP contribution is 2.59. The van der Waals surface area contributed by atoms with Crippen molar-refractivity contribution in [3.05, 3.63) is 178 Å². The van der Waals surface area contributed by atoms with Crippen molar-refractivity contribution < 1.29 is 13.3 Å². The third kappa shape index (κ3) is 18.0. The number of nitrogens with zero attached hydrogens (tertiary/aromatic N) is 6. The number of rotatable bonds is 39. The van der Waals surface area contributed by atoms with E-state index in [1.54, 1.807) is 5.56 Å². The molecule has 2 atom stereocenters. The molecule has 9 nitrogen and oxygen atoms in total. The SMILES string of the molecule is CCCCC(CC)CC1(CC(CC)CCCC)c2ccccc2-c2ccc(-c3nnc(C)o3)cc21.CCCCCCC1(CCCCCC)c2ccccc2-c2ccc(-c3nnc(C)o3)cc21.CCCCCCCCC1(CCCCCCCC)c2ccccc2-c2ccc(-c3nnc(C)o3)cc21. The number of benzene rings is 6. The van der Waals surface area contributed by atoms with Gasteiger partial charge < -0.3 is 13.3 Å². The predicted molar refractivity (Wildman–Crippen MR) is 421 cm³/mol. The van der Waals surface area contributed by atoms with Crippen molar-refractivity contribution in [3.8, 4) is 67.7 Å². The molecule has 0 radical (unpaired) electrons. The van der Waals surface area contributed by atoms with E-state index in [4.69, 9.17) is 13.3 Å². The number of fused-ring (bicyclic) bond motifs is 9. The van der Waals surface area contributed by atoms with E-state index in [-0.39, 0.29) is 16.2 Å². The summed E-state index contributed by atoms with van der Waals surface area (Å²) in [6.07, 6.45) is 44.0. The van der Waals surface area contributed by atoms with Crippen molar-refractivity contribution in [1.82, 2.24) is 30.6 Å². The Balaban J connectivity index is 0.000000164.